The molecule has 24 heavy (non-hydrogen) atoms. The fourth-order valence-corrected chi connectivity index (χ4v) is 2.29. The number of benzene rings is 2. The number of anilines is 2. The number of aromatic nitrogens is 2. The second-order valence-electron chi connectivity index (χ2n) is 5.44. The average molecular weight is 320 g/mol. The highest BCUT2D eigenvalue weighted by Gasteiger charge is 2.06. The van der Waals surface area contributed by atoms with Gasteiger partial charge in [-0.1, -0.05) is 30.3 Å². The number of nitrogens with one attached hydrogen (secondary N) is 1. The summed E-state index contributed by atoms with van der Waals surface area (Å²) in [5, 5.41) is 3.30. The Balaban J connectivity index is 1.64. The molecule has 3 aromatic rings. The lowest BCUT2D eigenvalue weighted by atomic mass is 10.2. The molecule has 0 amide bonds. The van der Waals surface area contributed by atoms with E-state index in [0.29, 0.717) is 24.7 Å². The first-order valence-corrected chi connectivity index (χ1v) is 7.83. The number of nitrogen functional groups attached to an aromatic ring is 1. The SMILES string of the molecule is Cc1cnc(-c2cccc(N)c2)nc1NCCOc1ccccc1. The summed E-state index contributed by atoms with van der Waals surface area (Å²) in [6.45, 7) is 3.19. The van der Waals surface area contributed by atoms with Gasteiger partial charge in [0, 0.05) is 23.0 Å². The van der Waals surface area contributed by atoms with Crippen molar-refractivity contribution < 1.29 is 4.74 Å². The van der Waals surface area contributed by atoms with E-state index in [4.69, 9.17) is 10.5 Å². The quantitative estimate of drug-likeness (QED) is 0.537. The molecule has 3 rings (SSSR count). The van der Waals surface area contributed by atoms with Gasteiger partial charge in [0.05, 0.1) is 6.54 Å². The van der Waals surface area contributed by atoms with Gasteiger partial charge in [-0.2, -0.15) is 0 Å². The predicted molar refractivity (Wildman–Crippen MR) is 97.0 cm³/mol. The van der Waals surface area contributed by atoms with Gasteiger partial charge in [0.2, 0.25) is 0 Å². The second kappa shape index (κ2) is 7.46. The molecule has 5 heteroatoms. The summed E-state index contributed by atoms with van der Waals surface area (Å²) in [6, 6.07) is 17.3. The molecule has 1 aromatic heterocycles. The van der Waals surface area contributed by atoms with E-state index in [1.54, 1.807) is 0 Å². The molecule has 0 aliphatic heterocycles. The third-order valence-corrected chi connectivity index (χ3v) is 3.52. The van der Waals surface area contributed by atoms with Crippen LogP contribution in [0, 0.1) is 6.92 Å². The fraction of sp³-hybridized carbons (Fsp3) is 0.158. The lowest BCUT2D eigenvalue weighted by molar-refractivity contribution is 0.332. The van der Waals surface area contributed by atoms with E-state index in [9.17, 15) is 0 Å². The van der Waals surface area contributed by atoms with Gasteiger partial charge < -0.3 is 15.8 Å². The van der Waals surface area contributed by atoms with Gasteiger partial charge >= 0.3 is 0 Å². The van der Waals surface area contributed by atoms with Crippen molar-refractivity contribution in [2.75, 3.05) is 24.2 Å². The van der Waals surface area contributed by atoms with Crippen LogP contribution in [0.4, 0.5) is 11.5 Å². The second-order valence-corrected chi connectivity index (χ2v) is 5.44. The van der Waals surface area contributed by atoms with Crippen molar-refractivity contribution in [3.8, 4) is 17.1 Å². The molecule has 122 valence electrons. The van der Waals surface area contributed by atoms with Crippen molar-refractivity contribution in [3.63, 3.8) is 0 Å². The predicted octanol–water partition coefficient (Wildman–Crippen LogP) is 3.53. The monoisotopic (exact) mass is 320 g/mol. The third kappa shape index (κ3) is 4.01. The highest BCUT2D eigenvalue weighted by Crippen LogP contribution is 2.20. The van der Waals surface area contributed by atoms with E-state index in [2.05, 4.69) is 15.3 Å². The average Bonchev–Trinajstić information content (AvgIpc) is 2.61. The molecule has 0 saturated carbocycles. The van der Waals surface area contributed by atoms with Crippen LogP contribution in [0.2, 0.25) is 0 Å². The number of rotatable bonds is 6. The molecule has 0 aliphatic carbocycles. The van der Waals surface area contributed by atoms with Crippen LogP contribution in [0.3, 0.4) is 0 Å². The van der Waals surface area contributed by atoms with Crippen LogP contribution < -0.4 is 15.8 Å². The Hall–Kier alpha value is -3.08. The van der Waals surface area contributed by atoms with Gasteiger partial charge in [0.25, 0.3) is 0 Å². The van der Waals surface area contributed by atoms with Crippen molar-refractivity contribution in [3.05, 3.63) is 66.4 Å². The first-order chi connectivity index (χ1) is 11.7. The Kier molecular flexibility index (Phi) is 4.91. The Morgan fingerprint density at radius 2 is 1.92 bits per heavy atom. The minimum absolute atomic E-state index is 0.557. The van der Waals surface area contributed by atoms with E-state index < -0.39 is 0 Å². The number of hydrogen-bond acceptors (Lipinski definition) is 5. The maximum absolute atomic E-state index is 5.83. The van der Waals surface area contributed by atoms with Crippen LogP contribution in [0.15, 0.2) is 60.8 Å². The first kappa shape index (κ1) is 15.8. The summed E-state index contributed by atoms with van der Waals surface area (Å²) in [5.74, 6) is 2.32. The highest BCUT2D eigenvalue weighted by molar-refractivity contribution is 5.62. The van der Waals surface area contributed by atoms with Crippen LogP contribution in [0.25, 0.3) is 11.4 Å². The third-order valence-electron chi connectivity index (χ3n) is 3.52. The summed E-state index contributed by atoms with van der Waals surface area (Å²) >= 11 is 0. The maximum atomic E-state index is 5.83. The summed E-state index contributed by atoms with van der Waals surface area (Å²) in [4.78, 5) is 8.98. The van der Waals surface area contributed by atoms with Gasteiger partial charge in [-0.3, -0.25) is 0 Å². The molecular weight excluding hydrogens is 300 g/mol. The van der Waals surface area contributed by atoms with Crippen molar-refractivity contribution in [1.82, 2.24) is 9.97 Å². The topological polar surface area (TPSA) is 73.1 Å². The standard InChI is InChI=1S/C19H20N4O/c1-14-13-22-19(15-6-5-7-16(20)12-15)23-18(14)21-10-11-24-17-8-3-2-4-9-17/h2-9,12-13H,10-11,20H2,1H3,(H,21,22,23). The maximum Gasteiger partial charge on any atom is 0.161 e. The molecule has 0 aliphatic rings. The number of hydrogen-bond donors (Lipinski definition) is 2. The summed E-state index contributed by atoms with van der Waals surface area (Å²) in [7, 11) is 0. The zero-order valence-corrected chi connectivity index (χ0v) is 13.6. The molecule has 3 N–H and O–H groups in total. The zero-order valence-electron chi connectivity index (χ0n) is 13.6. The Labute approximate surface area is 141 Å². The van der Waals surface area contributed by atoms with Crippen molar-refractivity contribution >= 4 is 11.5 Å². The van der Waals surface area contributed by atoms with Crippen LogP contribution in [-0.4, -0.2) is 23.1 Å². The molecule has 0 atom stereocenters. The molecule has 0 unspecified atom stereocenters. The largest absolute Gasteiger partial charge is 0.492 e. The summed E-state index contributed by atoms with van der Waals surface area (Å²) < 4.78 is 5.68. The van der Waals surface area contributed by atoms with Gasteiger partial charge in [-0.05, 0) is 31.2 Å². The van der Waals surface area contributed by atoms with Gasteiger partial charge in [0.1, 0.15) is 18.2 Å². The first-order valence-electron chi connectivity index (χ1n) is 7.83. The normalized spacial score (nSPS) is 10.4. The lowest BCUT2D eigenvalue weighted by Crippen LogP contribution is -2.13. The number of ether oxygens (including phenoxy) is 1. The molecule has 1 heterocycles. The molecule has 0 saturated heterocycles. The number of para-hydroxylation sites is 1. The highest BCUT2D eigenvalue weighted by atomic mass is 16.5. The van der Waals surface area contributed by atoms with Crippen molar-refractivity contribution in [1.29, 1.82) is 0 Å². The Bertz CT molecular complexity index is 805. The van der Waals surface area contributed by atoms with E-state index in [0.717, 1.165) is 22.7 Å². The Morgan fingerprint density at radius 3 is 2.71 bits per heavy atom. The minimum Gasteiger partial charge on any atom is -0.492 e. The zero-order chi connectivity index (χ0) is 16.8. The molecule has 0 spiro atoms. The van der Waals surface area contributed by atoms with Gasteiger partial charge in [-0.25, -0.2) is 9.97 Å². The summed E-state index contributed by atoms with van der Waals surface area (Å²) in [6.07, 6.45) is 1.81. The van der Waals surface area contributed by atoms with Crippen molar-refractivity contribution in [2.24, 2.45) is 0 Å². The molecule has 2 aromatic carbocycles. The van der Waals surface area contributed by atoms with E-state index in [1.807, 2.05) is 67.7 Å². The van der Waals surface area contributed by atoms with E-state index in [1.165, 1.54) is 0 Å². The van der Waals surface area contributed by atoms with Gasteiger partial charge in [-0.15, -0.1) is 0 Å². The number of aryl methyl sites for hydroxylation is 1. The summed E-state index contributed by atoms with van der Waals surface area (Å²) in [5.41, 5.74) is 8.42. The Morgan fingerprint density at radius 1 is 1.08 bits per heavy atom. The van der Waals surface area contributed by atoms with E-state index in [-0.39, 0.29) is 0 Å². The molecule has 0 bridgehead atoms. The van der Waals surface area contributed by atoms with Crippen molar-refractivity contribution in [2.45, 2.75) is 6.92 Å². The smallest absolute Gasteiger partial charge is 0.161 e. The van der Waals surface area contributed by atoms with Crippen LogP contribution >= 0.6 is 0 Å². The van der Waals surface area contributed by atoms with Crippen LogP contribution in [0.5, 0.6) is 5.75 Å². The van der Waals surface area contributed by atoms with E-state index >= 15 is 0 Å². The molecule has 0 fully saturated rings. The molecular formula is C19H20N4O. The lowest BCUT2D eigenvalue weighted by Gasteiger charge is -2.11. The number of nitrogens with two attached hydrogens (primary N) is 1. The van der Waals surface area contributed by atoms with Crippen LogP contribution in [0.1, 0.15) is 5.56 Å². The van der Waals surface area contributed by atoms with Gasteiger partial charge in [0.15, 0.2) is 5.82 Å². The molecule has 5 nitrogen and oxygen atoms in total. The minimum atomic E-state index is 0.557. The number of nitrogens with zero attached hydrogens (tertiary/aromatic N) is 2. The van der Waals surface area contributed by atoms with Crippen LogP contribution in [-0.2, 0) is 0 Å². The molecule has 0 radical (unpaired) electrons. The fourth-order valence-electron chi connectivity index (χ4n) is 2.29.